The molecule has 2 N–H and O–H groups in total. The van der Waals surface area contributed by atoms with Crippen molar-refractivity contribution in [1.29, 1.82) is 5.41 Å². The Balaban J connectivity index is 1.71. The average Bonchev–Trinajstić information content (AvgIpc) is 2.98. The van der Waals surface area contributed by atoms with Crippen LogP contribution in [0.1, 0.15) is 48.3 Å². The summed E-state index contributed by atoms with van der Waals surface area (Å²) in [7, 11) is -0.664. The first kappa shape index (κ1) is 31.0. The zero-order valence-corrected chi connectivity index (χ0v) is 26.6. The van der Waals surface area contributed by atoms with Crippen molar-refractivity contribution in [3.63, 3.8) is 0 Å². The second-order valence-electron chi connectivity index (χ2n) is 11.1. The summed E-state index contributed by atoms with van der Waals surface area (Å²) in [5.41, 5.74) is 3.57. The molecular weight excluding hydrogens is 603 g/mol. The van der Waals surface area contributed by atoms with Gasteiger partial charge in [-0.05, 0) is 66.6 Å². The third kappa shape index (κ3) is 6.74. The molecule has 0 spiro atoms. The Morgan fingerprint density at radius 1 is 0.953 bits per heavy atom. The number of guanidine groups is 2. The standard InChI is InChI=1S/C32H36Cl2N6O2S/c1-39(2)30(35)37-31-38-43(41,42)32(25-12-16-27(34)17-13-25)18-6-20-36-29(24-10-14-26(33)15-11-24)28(22-40(31)21-7-19-32)23-8-4-3-5-9-23/h3-5,8-17,28H,6-7,18-22H2,1-2H3,(H2,35,37,38)/b36-29-/t28?,32-/m0/s1. The molecular formula is C32H36Cl2N6O2S. The maximum absolute atomic E-state index is 14.4. The van der Waals surface area contributed by atoms with E-state index in [0.29, 0.717) is 60.9 Å². The number of aliphatic imine (C=N–C) groups is 1. The van der Waals surface area contributed by atoms with Crippen molar-refractivity contribution < 1.29 is 8.42 Å². The van der Waals surface area contributed by atoms with E-state index in [4.69, 9.17) is 33.6 Å². The van der Waals surface area contributed by atoms with Crippen molar-refractivity contribution in [1.82, 2.24) is 15.1 Å². The van der Waals surface area contributed by atoms with Crippen LogP contribution in [0.3, 0.4) is 0 Å². The van der Waals surface area contributed by atoms with Gasteiger partial charge in [0.1, 0.15) is 4.75 Å². The molecule has 8 nitrogen and oxygen atoms in total. The van der Waals surface area contributed by atoms with E-state index < -0.39 is 14.8 Å². The highest BCUT2D eigenvalue weighted by molar-refractivity contribution is 7.91. The molecule has 2 bridgehead atoms. The highest BCUT2D eigenvalue weighted by Crippen LogP contribution is 2.43. The highest BCUT2D eigenvalue weighted by Gasteiger charge is 2.47. The van der Waals surface area contributed by atoms with Crippen molar-refractivity contribution in [3.8, 4) is 0 Å². The van der Waals surface area contributed by atoms with Gasteiger partial charge in [-0.25, -0.2) is 8.42 Å². The fourth-order valence-corrected chi connectivity index (χ4v) is 7.89. The molecule has 3 aliphatic heterocycles. The third-order valence-electron chi connectivity index (χ3n) is 8.15. The molecule has 0 aromatic heterocycles. The van der Waals surface area contributed by atoms with Gasteiger partial charge in [0.25, 0.3) is 10.0 Å². The summed E-state index contributed by atoms with van der Waals surface area (Å²) in [6.07, 6.45) is 1.88. The minimum atomic E-state index is -4.12. The van der Waals surface area contributed by atoms with E-state index >= 15 is 0 Å². The maximum Gasteiger partial charge on any atom is 0.266 e. The molecule has 1 unspecified atom stereocenters. The second-order valence-corrected chi connectivity index (χ2v) is 13.9. The van der Waals surface area contributed by atoms with Gasteiger partial charge in [-0.2, -0.15) is 0 Å². The zero-order chi connectivity index (χ0) is 30.6. The summed E-state index contributed by atoms with van der Waals surface area (Å²) in [4.78, 5) is 8.69. The summed E-state index contributed by atoms with van der Waals surface area (Å²) in [6.45, 7) is 1.39. The second kappa shape index (κ2) is 13.1. The lowest BCUT2D eigenvalue weighted by Gasteiger charge is -2.39. The van der Waals surface area contributed by atoms with E-state index in [0.717, 1.165) is 16.8 Å². The first-order chi connectivity index (χ1) is 20.6. The van der Waals surface area contributed by atoms with E-state index in [1.165, 1.54) is 0 Å². The number of nitrogens with one attached hydrogen (secondary N) is 2. The minimum absolute atomic E-state index is 0.0339. The van der Waals surface area contributed by atoms with Crippen molar-refractivity contribution in [2.75, 3.05) is 33.7 Å². The predicted molar refractivity (Wildman–Crippen MR) is 176 cm³/mol. The van der Waals surface area contributed by atoms with Gasteiger partial charge in [-0.3, -0.25) is 15.7 Å². The topological polar surface area (TPSA) is 101 Å². The Labute approximate surface area is 264 Å². The van der Waals surface area contributed by atoms with Crippen LogP contribution in [0.25, 0.3) is 0 Å². The van der Waals surface area contributed by atoms with E-state index in [9.17, 15) is 8.42 Å². The highest BCUT2D eigenvalue weighted by atomic mass is 35.5. The molecule has 11 heteroatoms. The SMILES string of the molecule is CN(C)C(=N)N/C1=N\S(=O)(=O)[C@@]2(c3ccc(Cl)cc3)CCC/N=C(/c3ccc(Cl)cc3)C(c3ccccc3)CN1CCC2. The van der Waals surface area contributed by atoms with Crippen LogP contribution in [0, 0.1) is 5.41 Å². The average molecular weight is 640 g/mol. The maximum atomic E-state index is 14.4. The number of nitrogens with zero attached hydrogens (tertiary/aromatic N) is 4. The van der Waals surface area contributed by atoms with Crippen LogP contribution in [0.15, 0.2) is 88.3 Å². The van der Waals surface area contributed by atoms with Gasteiger partial charge in [-0.15, -0.1) is 4.40 Å². The Kier molecular flexibility index (Phi) is 9.44. The van der Waals surface area contributed by atoms with E-state index in [1.54, 1.807) is 43.3 Å². The smallest absolute Gasteiger partial charge is 0.266 e. The number of sulfonamides is 1. The largest absolute Gasteiger partial charge is 0.349 e. The first-order valence-corrected chi connectivity index (χ1v) is 16.5. The van der Waals surface area contributed by atoms with Crippen molar-refractivity contribution in [3.05, 3.63) is 106 Å². The van der Waals surface area contributed by atoms with Crippen molar-refractivity contribution in [2.24, 2.45) is 9.39 Å². The monoisotopic (exact) mass is 638 g/mol. The quantitative estimate of drug-likeness (QED) is 0.266. The molecule has 226 valence electrons. The van der Waals surface area contributed by atoms with Crippen LogP contribution in [-0.4, -0.2) is 69.6 Å². The molecule has 2 atom stereocenters. The zero-order valence-electron chi connectivity index (χ0n) is 24.3. The molecule has 0 saturated carbocycles. The molecule has 0 saturated heterocycles. The van der Waals surface area contributed by atoms with Gasteiger partial charge >= 0.3 is 0 Å². The number of hydrogen-bond donors (Lipinski definition) is 2. The fourth-order valence-electron chi connectivity index (χ4n) is 5.83. The van der Waals surface area contributed by atoms with Crippen LogP contribution in [0.2, 0.25) is 10.0 Å². The first-order valence-electron chi connectivity index (χ1n) is 14.3. The number of halogens is 2. The molecule has 3 heterocycles. The molecule has 0 amide bonds. The summed E-state index contributed by atoms with van der Waals surface area (Å²) in [5.74, 6) is -0.0363. The van der Waals surface area contributed by atoms with Gasteiger partial charge in [-0.1, -0.05) is 77.8 Å². The Morgan fingerprint density at radius 2 is 1.58 bits per heavy atom. The molecule has 0 fully saturated rings. The van der Waals surface area contributed by atoms with E-state index in [2.05, 4.69) is 21.8 Å². The predicted octanol–water partition coefficient (Wildman–Crippen LogP) is 6.12. The normalized spacial score (nSPS) is 24.7. The van der Waals surface area contributed by atoms with Gasteiger partial charge in [0.2, 0.25) is 5.96 Å². The van der Waals surface area contributed by atoms with Gasteiger partial charge in [0.15, 0.2) is 5.96 Å². The molecule has 3 aliphatic rings. The lowest BCUT2D eigenvalue weighted by molar-refractivity contribution is 0.353. The number of fused-ring (bicyclic) bond motifs is 8. The third-order valence-corrected chi connectivity index (χ3v) is 10.7. The summed E-state index contributed by atoms with van der Waals surface area (Å²) >= 11 is 12.5. The van der Waals surface area contributed by atoms with Gasteiger partial charge < -0.3 is 9.80 Å². The fraction of sp³-hybridized carbons (Fsp3) is 0.344. The Bertz CT molecular complexity index is 1610. The Hall–Kier alpha value is -3.40. The minimum Gasteiger partial charge on any atom is -0.349 e. The summed E-state index contributed by atoms with van der Waals surface area (Å²) in [6, 6.07) is 24.9. The van der Waals surface area contributed by atoms with Crippen LogP contribution < -0.4 is 5.32 Å². The summed E-state index contributed by atoms with van der Waals surface area (Å²) < 4.78 is 32.1. The van der Waals surface area contributed by atoms with Crippen LogP contribution in [-0.2, 0) is 14.8 Å². The molecule has 3 aromatic rings. The van der Waals surface area contributed by atoms with Crippen LogP contribution >= 0.6 is 23.2 Å². The number of hydrogen-bond acceptors (Lipinski definition) is 5. The van der Waals surface area contributed by atoms with Gasteiger partial charge in [0, 0.05) is 49.7 Å². The van der Waals surface area contributed by atoms with E-state index in [-0.39, 0.29) is 17.8 Å². The molecule has 3 aromatic carbocycles. The van der Waals surface area contributed by atoms with Crippen molar-refractivity contribution >= 4 is 50.9 Å². The lowest BCUT2D eigenvalue weighted by Crippen LogP contribution is -2.52. The number of rotatable bonds is 3. The molecule has 0 aliphatic carbocycles. The molecule has 0 radical (unpaired) electrons. The number of benzene rings is 3. The Morgan fingerprint density at radius 3 is 2.23 bits per heavy atom. The molecule has 6 rings (SSSR count). The van der Waals surface area contributed by atoms with Gasteiger partial charge in [0.05, 0.1) is 5.71 Å². The lowest BCUT2D eigenvalue weighted by atomic mass is 9.87. The van der Waals surface area contributed by atoms with Crippen molar-refractivity contribution in [2.45, 2.75) is 36.3 Å². The summed E-state index contributed by atoms with van der Waals surface area (Å²) in [5, 5.41) is 12.8. The van der Waals surface area contributed by atoms with Crippen LogP contribution in [0.4, 0.5) is 0 Å². The molecule has 43 heavy (non-hydrogen) atoms. The van der Waals surface area contributed by atoms with Crippen LogP contribution in [0.5, 0.6) is 0 Å². The van der Waals surface area contributed by atoms with E-state index in [1.807, 2.05) is 47.4 Å².